The zero-order valence-electron chi connectivity index (χ0n) is 7.82. The second kappa shape index (κ2) is 3.45. The Kier molecular flexibility index (Phi) is 2.28. The lowest BCUT2D eigenvalue weighted by Crippen LogP contribution is -2.36. The molecule has 0 aliphatic heterocycles. The topological polar surface area (TPSA) is 96.7 Å². The normalized spacial score (nSPS) is 27.8. The van der Waals surface area contributed by atoms with Gasteiger partial charge in [-0.3, -0.25) is 0 Å². The number of nitrogens with zero attached hydrogens (tertiary/aromatic N) is 1. The lowest BCUT2D eigenvalue weighted by atomic mass is 9.92. The van der Waals surface area contributed by atoms with Gasteiger partial charge in [-0.2, -0.15) is 0 Å². The van der Waals surface area contributed by atoms with E-state index in [0.29, 0.717) is 0 Å². The van der Waals surface area contributed by atoms with Gasteiger partial charge in [-0.05, 0) is 25.7 Å². The van der Waals surface area contributed by atoms with Gasteiger partial charge in [0.15, 0.2) is 0 Å². The van der Waals surface area contributed by atoms with E-state index in [0.717, 1.165) is 25.7 Å². The fraction of sp³-hybridized carbons (Fsp3) is 0.750. The van der Waals surface area contributed by atoms with Crippen LogP contribution in [-0.2, 0) is 0 Å². The molecule has 0 saturated heterocycles. The maximum absolute atomic E-state index is 11.3. The first-order chi connectivity index (χ1) is 6.68. The molecule has 1 aliphatic rings. The monoisotopic (exact) mass is 198 g/mol. The fourth-order valence-electron chi connectivity index (χ4n) is 2.01. The van der Waals surface area contributed by atoms with Crippen molar-refractivity contribution in [2.24, 2.45) is 5.73 Å². The largest absolute Gasteiger partial charge is 0.344 e. The van der Waals surface area contributed by atoms with Crippen molar-refractivity contribution < 1.29 is 0 Å². The highest BCUT2D eigenvalue weighted by Gasteiger charge is 2.22. The van der Waals surface area contributed by atoms with E-state index in [-0.39, 0.29) is 23.5 Å². The van der Waals surface area contributed by atoms with Crippen molar-refractivity contribution in [1.29, 1.82) is 0 Å². The Morgan fingerprint density at radius 3 is 2.07 bits per heavy atom. The number of H-pyrrole nitrogens is 2. The number of nitrogens with one attached hydrogen (secondary N) is 2. The van der Waals surface area contributed by atoms with E-state index in [1.165, 1.54) is 4.57 Å². The number of aromatic nitrogens is 3. The predicted molar refractivity (Wildman–Crippen MR) is 51.2 cm³/mol. The third-order valence-electron chi connectivity index (χ3n) is 2.82. The summed E-state index contributed by atoms with van der Waals surface area (Å²) < 4.78 is 1.26. The van der Waals surface area contributed by atoms with Crippen LogP contribution in [0.15, 0.2) is 9.59 Å². The van der Waals surface area contributed by atoms with Crippen LogP contribution in [0.1, 0.15) is 31.7 Å². The molecule has 14 heavy (non-hydrogen) atoms. The van der Waals surface area contributed by atoms with Crippen molar-refractivity contribution in [3.8, 4) is 0 Å². The summed E-state index contributed by atoms with van der Waals surface area (Å²) in [5, 5.41) is 4.57. The third kappa shape index (κ3) is 1.52. The molecule has 78 valence electrons. The Hall–Kier alpha value is -1.30. The molecule has 2 rings (SSSR count). The van der Waals surface area contributed by atoms with Crippen LogP contribution in [-0.4, -0.2) is 20.8 Å². The van der Waals surface area contributed by atoms with Crippen molar-refractivity contribution in [2.45, 2.75) is 37.8 Å². The van der Waals surface area contributed by atoms with Crippen LogP contribution in [0, 0.1) is 0 Å². The summed E-state index contributed by atoms with van der Waals surface area (Å²) >= 11 is 0. The lowest BCUT2D eigenvalue weighted by molar-refractivity contribution is 0.313. The molecule has 6 heteroatoms. The molecule has 0 atom stereocenters. The summed E-state index contributed by atoms with van der Waals surface area (Å²) in [5.74, 6) is 0. The molecule has 0 bridgehead atoms. The van der Waals surface area contributed by atoms with Gasteiger partial charge in [0, 0.05) is 12.1 Å². The standard InChI is InChI=1S/C8H14N4O2/c9-5-1-3-6(4-2-5)12-7(13)10-11-8(12)14/h5-6H,1-4,9H2,(H,10,13)(H,11,14). The van der Waals surface area contributed by atoms with Crippen molar-refractivity contribution in [2.75, 3.05) is 0 Å². The summed E-state index contributed by atoms with van der Waals surface area (Å²) in [5.41, 5.74) is 5.04. The number of hydrogen-bond donors (Lipinski definition) is 3. The minimum absolute atomic E-state index is 0.0114. The number of aromatic amines is 2. The molecule has 1 aromatic rings. The Bertz CT molecular complexity index is 380. The van der Waals surface area contributed by atoms with E-state index in [1.807, 2.05) is 0 Å². The summed E-state index contributed by atoms with van der Waals surface area (Å²) in [7, 11) is 0. The SMILES string of the molecule is NC1CCC(n2c(=O)[nH][nH]c2=O)CC1. The summed E-state index contributed by atoms with van der Waals surface area (Å²) in [4.78, 5) is 22.5. The Morgan fingerprint density at radius 2 is 1.57 bits per heavy atom. The molecule has 1 heterocycles. The van der Waals surface area contributed by atoms with E-state index < -0.39 is 0 Å². The van der Waals surface area contributed by atoms with Crippen molar-refractivity contribution >= 4 is 0 Å². The predicted octanol–water partition coefficient (Wildman–Crippen LogP) is -0.693. The molecular weight excluding hydrogens is 184 g/mol. The summed E-state index contributed by atoms with van der Waals surface area (Å²) in [6, 6.07) is 0.234. The van der Waals surface area contributed by atoms with E-state index in [4.69, 9.17) is 5.73 Å². The molecule has 0 amide bonds. The Balaban J connectivity index is 2.24. The molecular formula is C8H14N4O2. The zero-order chi connectivity index (χ0) is 10.1. The maximum Gasteiger partial charge on any atom is 0.344 e. The summed E-state index contributed by atoms with van der Waals surface area (Å²) in [6.45, 7) is 0. The first kappa shape index (κ1) is 9.26. The highest BCUT2D eigenvalue weighted by atomic mass is 16.2. The quantitative estimate of drug-likeness (QED) is 0.557. The van der Waals surface area contributed by atoms with Crippen LogP contribution in [0.4, 0.5) is 0 Å². The number of hydrogen-bond acceptors (Lipinski definition) is 3. The number of nitrogens with two attached hydrogens (primary N) is 1. The van der Waals surface area contributed by atoms with Gasteiger partial charge in [-0.1, -0.05) is 0 Å². The average molecular weight is 198 g/mol. The number of rotatable bonds is 1. The van der Waals surface area contributed by atoms with Gasteiger partial charge in [0.25, 0.3) is 0 Å². The van der Waals surface area contributed by atoms with Crippen LogP contribution in [0.3, 0.4) is 0 Å². The minimum atomic E-state index is -0.351. The molecule has 1 aliphatic carbocycles. The van der Waals surface area contributed by atoms with E-state index in [1.54, 1.807) is 0 Å². The minimum Gasteiger partial charge on any atom is -0.328 e. The van der Waals surface area contributed by atoms with Gasteiger partial charge < -0.3 is 5.73 Å². The van der Waals surface area contributed by atoms with E-state index in [9.17, 15) is 9.59 Å². The van der Waals surface area contributed by atoms with Crippen molar-refractivity contribution in [3.63, 3.8) is 0 Å². The molecule has 0 unspecified atom stereocenters. The van der Waals surface area contributed by atoms with Crippen molar-refractivity contribution in [3.05, 3.63) is 21.0 Å². The maximum atomic E-state index is 11.3. The second-order valence-electron chi connectivity index (χ2n) is 3.80. The van der Waals surface area contributed by atoms with Crippen LogP contribution in [0.25, 0.3) is 0 Å². The van der Waals surface area contributed by atoms with Gasteiger partial charge >= 0.3 is 11.4 Å². The van der Waals surface area contributed by atoms with E-state index >= 15 is 0 Å². The van der Waals surface area contributed by atoms with Gasteiger partial charge in [-0.25, -0.2) is 24.4 Å². The zero-order valence-corrected chi connectivity index (χ0v) is 7.82. The highest BCUT2D eigenvalue weighted by Crippen LogP contribution is 2.24. The third-order valence-corrected chi connectivity index (χ3v) is 2.82. The van der Waals surface area contributed by atoms with Gasteiger partial charge in [0.1, 0.15) is 0 Å². The van der Waals surface area contributed by atoms with Crippen LogP contribution >= 0.6 is 0 Å². The van der Waals surface area contributed by atoms with Crippen molar-refractivity contribution in [1.82, 2.24) is 14.8 Å². The molecule has 0 spiro atoms. The molecule has 4 N–H and O–H groups in total. The fourth-order valence-corrected chi connectivity index (χ4v) is 2.01. The van der Waals surface area contributed by atoms with Gasteiger partial charge in [0.05, 0.1) is 0 Å². The van der Waals surface area contributed by atoms with Gasteiger partial charge in [0.2, 0.25) is 0 Å². The van der Waals surface area contributed by atoms with Crippen LogP contribution in [0.5, 0.6) is 0 Å². The molecule has 6 nitrogen and oxygen atoms in total. The lowest BCUT2D eigenvalue weighted by Gasteiger charge is -2.25. The summed E-state index contributed by atoms with van der Waals surface area (Å²) in [6.07, 6.45) is 3.37. The van der Waals surface area contributed by atoms with Crippen LogP contribution in [0.2, 0.25) is 0 Å². The van der Waals surface area contributed by atoms with Crippen LogP contribution < -0.4 is 17.1 Å². The van der Waals surface area contributed by atoms with Gasteiger partial charge in [-0.15, -0.1) is 0 Å². The molecule has 1 saturated carbocycles. The second-order valence-corrected chi connectivity index (χ2v) is 3.80. The molecule has 1 fully saturated rings. The highest BCUT2D eigenvalue weighted by molar-refractivity contribution is 4.81. The Morgan fingerprint density at radius 1 is 1.07 bits per heavy atom. The van der Waals surface area contributed by atoms with E-state index in [2.05, 4.69) is 10.2 Å². The Labute approximate surface area is 80.1 Å². The molecule has 1 aromatic heterocycles. The first-order valence-corrected chi connectivity index (χ1v) is 4.83. The molecule has 0 radical (unpaired) electrons. The smallest absolute Gasteiger partial charge is 0.328 e. The molecule has 0 aromatic carbocycles. The first-order valence-electron chi connectivity index (χ1n) is 4.83. The average Bonchev–Trinajstić information content (AvgIpc) is 2.49.